The van der Waals surface area contributed by atoms with Gasteiger partial charge in [-0.1, -0.05) is 0 Å². The molecule has 0 bridgehead atoms. The van der Waals surface area contributed by atoms with Crippen molar-refractivity contribution in [1.29, 1.82) is 0 Å². The second-order valence-electron chi connectivity index (χ2n) is 3.86. The summed E-state index contributed by atoms with van der Waals surface area (Å²) in [6.45, 7) is 0.296. The molecule has 18 heavy (non-hydrogen) atoms. The molecule has 0 amide bonds. The number of aliphatic hydroxyl groups is 2. The summed E-state index contributed by atoms with van der Waals surface area (Å²) in [4.78, 5) is 12.1. The van der Waals surface area contributed by atoms with E-state index in [0.29, 0.717) is 18.1 Å². The summed E-state index contributed by atoms with van der Waals surface area (Å²) in [5.74, 6) is 0.464. The zero-order valence-corrected chi connectivity index (χ0v) is 9.93. The molecule has 2 rings (SSSR count). The van der Waals surface area contributed by atoms with Gasteiger partial charge in [-0.3, -0.25) is 4.57 Å². The molecule has 0 radical (unpaired) electrons. The van der Waals surface area contributed by atoms with Gasteiger partial charge in [-0.25, -0.2) is 15.0 Å². The Hall–Kier alpha value is -1.83. The van der Waals surface area contributed by atoms with E-state index in [0.717, 1.165) is 0 Å². The second kappa shape index (κ2) is 5.67. The highest BCUT2D eigenvalue weighted by Gasteiger charge is 2.18. The lowest BCUT2D eigenvalue weighted by molar-refractivity contribution is 0.0198. The largest absolute Gasteiger partial charge is 0.389 e. The van der Waals surface area contributed by atoms with Gasteiger partial charge in [0.15, 0.2) is 0 Å². The van der Waals surface area contributed by atoms with Crippen LogP contribution in [0.2, 0.25) is 0 Å². The van der Waals surface area contributed by atoms with E-state index in [9.17, 15) is 10.2 Å². The van der Waals surface area contributed by atoms with Gasteiger partial charge in [0.05, 0.1) is 6.10 Å². The maximum absolute atomic E-state index is 9.85. The summed E-state index contributed by atoms with van der Waals surface area (Å²) in [5, 5.41) is 22.3. The van der Waals surface area contributed by atoms with Gasteiger partial charge >= 0.3 is 0 Å². The third-order valence-corrected chi connectivity index (χ3v) is 2.51. The molecule has 0 saturated carbocycles. The first-order valence-corrected chi connectivity index (χ1v) is 5.53. The van der Waals surface area contributed by atoms with Crippen LogP contribution >= 0.6 is 0 Å². The molecule has 0 aliphatic rings. The molecular formula is C11H15N5O2. The Morgan fingerprint density at radius 3 is 2.61 bits per heavy atom. The Kier molecular flexibility index (Phi) is 3.98. The van der Waals surface area contributed by atoms with E-state index in [4.69, 9.17) is 0 Å². The van der Waals surface area contributed by atoms with Crippen LogP contribution in [0.3, 0.4) is 0 Å². The summed E-state index contributed by atoms with van der Waals surface area (Å²) in [5.41, 5.74) is 0.474. The summed E-state index contributed by atoms with van der Waals surface area (Å²) in [6.07, 6.45) is 6.02. The van der Waals surface area contributed by atoms with Crippen LogP contribution in [-0.4, -0.2) is 49.4 Å². The topological polar surface area (TPSA) is 96.1 Å². The number of aromatic nitrogens is 4. The number of hydrogen-bond donors (Lipinski definition) is 3. The molecule has 2 heterocycles. The van der Waals surface area contributed by atoms with Crippen molar-refractivity contribution in [3.63, 3.8) is 0 Å². The van der Waals surface area contributed by atoms with Crippen molar-refractivity contribution in [2.75, 3.05) is 13.6 Å². The van der Waals surface area contributed by atoms with E-state index < -0.39 is 12.2 Å². The van der Waals surface area contributed by atoms with Crippen LogP contribution in [-0.2, 0) is 0 Å². The Morgan fingerprint density at radius 1 is 1.33 bits per heavy atom. The highest BCUT2D eigenvalue weighted by Crippen LogP contribution is 2.15. The highest BCUT2D eigenvalue weighted by molar-refractivity contribution is 5.17. The first-order valence-electron chi connectivity index (χ1n) is 5.53. The van der Waals surface area contributed by atoms with Crippen molar-refractivity contribution in [1.82, 2.24) is 24.8 Å². The van der Waals surface area contributed by atoms with Crippen LogP contribution in [0.4, 0.5) is 0 Å². The van der Waals surface area contributed by atoms with Crippen molar-refractivity contribution in [2.24, 2.45) is 0 Å². The number of likely N-dealkylation sites (N-methyl/N-ethyl adjacent to an activating group) is 1. The van der Waals surface area contributed by atoms with E-state index in [1.165, 1.54) is 12.4 Å². The van der Waals surface area contributed by atoms with Gasteiger partial charge in [0.1, 0.15) is 12.4 Å². The average molecular weight is 249 g/mol. The van der Waals surface area contributed by atoms with Crippen molar-refractivity contribution in [3.8, 4) is 5.95 Å². The van der Waals surface area contributed by atoms with Crippen LogP contribution in [0.25, 0.3) is 5.95 Å². The predicted octanol–water partition coefficient (Wildman–Crippen LogP) is -0.724. The molecule has 2 aromatic rings. The Bertz CT molecular complexity index is 471. The lowest BCUT2D eigenvalue weighted by Gasteiger charge is -2.17. The van der Waals surface area contributed by atoms with Gasteiger partial charge in [0.2, 0.25) is 5.95 Å². The fourth-order valence-electron chi connectivity index (χ4n) is 1.54. The standard InChI is InChI=1S/C11H15N5O2/c1-12-6-9(17)10(18)8-4-14-11(15-5-8)16-3-2-13-7-16/h2-5,7,9-10,12,17-18H,6H2,1H3. The van der Waals surface area contributed by atoms with Gasteiger partial charge in [0, 0.05) is 36.9 Å². The van der Waals surface area contributed by atoms with Crippen LogP contribution in [0.1, 0.15) is 11.7 Å². The second-order valence-corrected chi connectivity index (χ2v) is 3.86. The molecular weight excluding hydrogens is 234 g/mol. The van der Waals surface area contributed by atoms with Crippen LogP contribution in [0, 0.1) is 0 Å². The number of nitrogens with zero attached hydrogens (tertiary/aromatic N) is 4. The van der Waals surface area contributed by atoms with Gasteiger partial charge in [-0.15, -0.1) is 0 Å². The summed E-state index contributed by atoms with van der Waals surface area (Å²) in [7, 11) is 1.70. The Morgan fingerprint density at radius 2 is 2.06 bits per heavy atom. The molecule has 2 unspecified atom stereocenters. The first kappa shape index (κ1) is 12.6. The SMILES string of the molecule is CNCC(O)C(O)c1cnc(-n2ccnc2)nc1. The van der Waals surface area contributed by atoms with Crippen molar-refractivity contribution in [2.45, 2.75) is 12.2 Å². The molecule has 0 aliphatic carbocycles. The first-order chi connectivity index (χ1) is 8.72. The molecule has 0 aromatic carbocycles. The monoisotopic (exact) mass is 249 g/mol. The lowest BCUT2D eigenvalue weighted by Crippen LogP contribution is -2.29. The van der Waals surface area contributed by atoms with Crippen LogP contribution < -0.4 is 5.32 Å². The minimum atomic E-state index is -1.01. The van der Waals surface area contributed by atoms with E-state index in [-0.39, 0.29) is 0 Å². The van der Waals surface area contributed by atoms with Crippen molar-refractivity contribution >= 4 is 0 Å². The van der Waals surface area contributed by atoms with Gasteiger partial charge in [-0.2, -0.15) is 0 Å². The van der Waals surface area contributed by atoms with Gasteiger partial charge in [0.25, 0.3) is 0 Å². The molecule has 0 spiro atoms. The minimum Gasteiger partial charge on any atom is -0.389 e. The summed E-state index contributed by atoms with van der Waals surface area (Å²) in [6, 6.07) is 0. The maximum atomic E-state index is 9.85. The lowest BCUT2D eigenvalue weighted by atomic mass is 10.1. The van der Waals surface area contributed by atoms with Gasteiger partial charge in [-0.05, 0) is 7.05 Å². The minimum absolute atomic E-state index is 0.296. The fraction of sp³-hybridized carbons (Fsp3) is 0.364. The molecule has 3 N–H and O–H groups in total. The van der Waals surface area contributed by atoms with E-state index >= 15 is 0 Å². The number of rotatable bonds is 5. The number of imidazole rings is 1. The number of nitrogens with one attached hydrogen (secondary N) is 1. The van der Waals surface area contributed by atoms with Crippen LogP contribution in [0.15, 0.2) is 31.1 Å². The molecule has 0 aliphatic heterocycles. The molecule has 0 fully saturated rings. The molecule has 96 valence electrons. The smallest absolute Gasteiger partial charge is 0.234 e. The average Bonchev–Trinajstić information content (AvgIpc) is 2.92. The molecule has 2 aromatic heterocycles. The number of hydrogen-bond acceptors (Lipinski definition) is 6. The van der Waals surface area contributed by atoms with E-state index in [1.807, 2.05) is 0 Å². The molecule has 2 atom stereocenters. The quantitative estimate of drug-likeness (QED) is 0.647. The predicted molar refractivity (Wildman–Crippen MR) is 64.0 cm³/mol. The summed E-state index contributed by atoms with van der Waals surface area (Å²) < 4.78 is 1.65. The van der Waals surface area contributed by atoms with Crippen LogP contribution in [0.5, 0.6) is 0 Å². The third kappa shape index (κ3) is 2.70. The summed E-state index contributed by atoms with van der Waals surface area (Å²) >= 11 is 0. The zero-order valence-electron chi connectivity index (χ0n) is 9.93. The number of aliphatic hydroxyl groups excluding tert-OH is 2. The molecule has 0 saturated heterocycles. The van der Waals surface area contributed by atoms with E-state index in [1.54, 1.807) is 30.3 Å². The van der Waals surface area contributed by atoms with Crippen molar-refractivity contribution in [3.05, 3.63) is 36.7 Å². The normalized spacial score (nSPS) is 14.4. The Labute approximate surface area is 104 Å². The molecule has 7 nitrogen and oxygen atoms in total. The van der Waals surface area contributed by atoms with Gasteiger partial charge < -0.3 is 15.5 Å². The highest BCUT2D eigenvalue weighted by atomic mass is 16.3. The van der Waals surface area contributed by atoms with Crippen molar-refractivity contribution < 1.29 is 10.2 Å². The zero-order chi connectivity index (χ0) is 13.0. The Balaban J connectivity index is 2.12. The van der Waals surface area contributed by atoms with E-state index in [2.05, 4.69) is 20.3 Å². The third-order valence-electron chi connectivity index (χ3n) is 2.51. The fourth-order valence-corrected chi connectivity index (χ4v) is 1.54. The molecule has 7 heteroatoms. The maximum Gasteiger partial charge on any atom is 0.234 e.